The number of carbonyl (C=O) groups excluding carboxylic acids is 4. The topological polar surface area (TPSA) is 117 Å². The Labute approximate surface area is 261 Å². The first-order valence-corrected chi connectivity index (χ1v) is 14.3. The number of benzene rings is 1. The highest BCUT2D eigenvalue weighted by Gasteiger charge is 2.56. The van der Waals surface area contributed by atoms with Gasteiger partial charge in [-0.3, -0.25) is 14.4 Å². The molecule has 1 aromatic rings. The summed E-state index contributed by atoms with van der Waals surface area (Å²) in [6.45, 7) is 9.12. The minimum absolute atomic E-state index is 0. The van der Waals surface area contributed by atoms with Crippen molar-refractivity contribution in [3.63, 3.8) is 0 Å². The van der Waals surface area contributed by atoms with Crippen LogP contribution in [0.4, 0.5) is 4.79 Å². The van der Waals surface area contributed by atoms with Gasteiger partial charge in [0.25, 0.3) is 11.8 Å². The van der Waals surface area contributed by atoms with Gasteiger partial charge in [0.1, 0.15) is 11.6 Å². The standard InChI is InChI=1S/C30H47N5O5.HI/c1-20-17-21(12-13-22(20)25(36)31-5)27(38)34-18-24(30(19-34)14-15-30)33-26(37)23(11-9-10-16-35(6,7)8)32-28(39)40-29(2,3)4;/h12-13,17,23-24H,9-11,14-16,18-19H2,1-8H3,(H2-,31,32,33,36,37,39);1H/t23-,24?;/m0./s1. The lowest BCUT2D eigenvalue weighted by molar-refractivity contribution is -0.870. The minimum atomic E-state index is -0.720. The largest absolute Gasteiger partial charge is 1.00 e. The smallest absolute Gasteiger partial charge is 0.408 e. The molecule has 3 N–H and O–H groups in total. The van der Waals surface area contributed by atoms with E-state index in [1.165, 1.54) is 0 Å². The first-order valence-electron chi connectivity index (χ1n) is 14.3. The summed E-state index contributed by atoms with van der Waals surface area (Å²) in [6.07, 6.45) is 3.48. The van der Waals surface area contributed by atoms with Gasteiger partial charge < -0.3 is 54.0 Å². The summed E-state index contributed by atoms with van der Waals surface area (Å²) >= 11 is 0. The van der Waals surface area contributed by atoms with Crippen LogP contribution >= 0.6 is 0 Å². The number of hydrogen-bond donors (Lipinski definition) is 3. The van der Waals surface area contributed by atoms with Gasteiger partial charge in [0.2, 0.25) is 5.91 Å². The third-order valence-electron chi connectivity index (χ3n) is 7.67. The first-order chi connectivity index (χ1) is 18.5. The Morgan fingerprint density at radius 3 is 2.32 bits per heavy atom. The van der Waals surface area contributed by atoms with E-state index in [0.717, 1.165) is 42.3 Å². The maximum atomic E-state index is 13.5. The van der Waals surface area contributed by atoms with Gasteiger partial charge in [0.05, 0.1) is 33.7 Å². The van der Waals surface area contributed by atoms with Crippen molar-refractivity contribution in [1.29, 1.82) is 0 Å². The van der Waals surface area contributed by atoms with Gasteiger partial charge in [-0.25, -0.2) is 4.79 Å². The zero-order valence-electron chi connectivity index (χ0n) is 25.9. The zero-order valence-corrected chi connectivity index (χ0v) is 28.0. The molecule has 2 atom stereocenters. The molecular weight excluding hydrogens is 637 g/mol. The van der Waals surface area contributed by atoms with Crippen molar-refractivity contribution in [2.45, 2.75) is 77.5 Å². The van der Waals surface area contributed by atoms with Crippen LogP contribution in [0.3, 0.4) is 0 Å². The zero-order chi connectivity index (χ0) is 29.9. The highest BCUT2D eigenvalue weighted by molar-refractivity contribution is 5.99. The molecule has 1 aliphatic carbocycles. The molecule has 0 radical (unpaired) electrons. The second kappa shape index (κ2) is 13.7. The first kappa shape index (κ1) is 34.8. The molecule has 1 saturated carbocycles. The maximum Gasteiger partial charge on any atom is 0.408 e. The quantitative estimate of drug-likeness (QED) is 0.180. The van der Waals surface area contributed by atoms with Crippen LogP contribution in [-0.2, 0) is 9.53 Å². The van der Waals surface area contributed by atoms with E-state index in [0.29, 0.717) is 30.6 Å². The molecule has 1 aliphatic heterocycles. The summed E-state index contributed by atoms with van der Waals surface area (Å²) in [5.74, 6) is -0.546. The summed E-state index contributed by atoms with van der Waals surface area (Å²) in [5, 5.41) is 8.58. The number of alkyl carbamates (subject to hydrolysis) is 1. The Hall–Kier alpha value is -2.41. The van der Waals surface area contributed by atoms with Crippen LogP contribution in [-0.4, -0.2) is 98.7 Å². The van der Waals surface area contributed by atoms with Gasteiger partial charge in [-0.05, 0) is 83.6 Å². The highest BCUT2D eigenvalue weighted by atomic mass is 127. The molecule has 0 bridgehead atoms. The van der Waals surface area contributed by atoms with E-state index in [1.54, 1.807) is 50.9 Å². The van der Waals surface area contributed by atoms with Gasteiger partial charge in [-0.1, -0.05) is 0 Å². The van der Waals surface area contributed by atoms with Crippen molar-refractivity contribution in [1.82, 2.24) is 20.9 Å². The Morgan fingerprint density at radius 2 is 1.78 bits per heavy atom. The number of nitrogens with zero attached hydrogens (tertiary/aromatic N) is 2. The van der Waals surface area contributed by atoms with E-state index in [9.17, 15) is 19.2 Å². The summed E-state index contributed by atoms with van der Waals surface area (Å²) in [5.41, 5.74) is 0.985. The van der Waals surface area contributed by atoms with Crippen molar-refractivity contribution in [3.8, 4) is 0 Å². The number of amides is 4. The molecule has 0 aromatic heterocycles. The normalized spacial score (nSPS) is 18.2. The Balaban J connectivity index is 0.00000588. The fourth-order valence-corrected chi connectivity index (χ4v) is 5.28. The van der Waals surface area contributed by atoms with Crippen LogP contribution < -0.4 is 39.9 Å². The van der Waals surface area contributed by atoms with Crippen LogP contribution in [0.25, 0.3) is 0 Å². The Bertz CT molecular complexity index is 1120. The van der Waals surface area contributed by atoms with E-state index in [-0.39, 0.29) is 53.2 Å². The van der Waals surface area contributed by atoms with Gasteiger partial charge in [0.15, 0.2) is 0 Å². The molecule has 1 spiro atoms. The summed E-state index contributed by atoms with van der Waals surface area (Å²) < 4.78 is 6.26. The van der Waals surface area contributed by atoms with Crippen molar-refractivity contribution in [2.75, 3.05) is 47.8 Å². The number of carbonyl (C=O) groups is 4. The van der Waals surface area contributed by atoms with Gasteiger partial charge in [-0.15, -0.1) is 0 Å². The van der Waals surface area contributed by atoms with Crippen molar-refractivity contribution in [3.05, 3.63) is 34.9 Å². The highest BCUT2D eigenvalue weighted by Crippen LogP contribution is 2.53. The average Bonchev–Trinajstić information content (AvgIpc) is 3.53. The second-order valence-electron chi connectivity index (χ2n) is 13.4. The molecule has 10 nitrogen and oxygen atoms in total. The number of hydrogen-bond acceptors (Lipinski definition) is 5. The molecule has 1 aromatic carbocycles. The van der Waals surface area contributed by atoms with Crippen molar-refractivity contribution in [2.24, 2.45) is 5.41 Å². The average molecular weight is 686 g/mol. The predicted octanol–water partition coefficient (Wildman–Crippen LogP) is -0.151. The third-order valence-corrected chi connectivity index (χ3v) is 7.67. The number of quaternary nitrogens is 1. The van der Waals surface area contributed by atoms with Gasteiger partial charge >= 0.3 is 6.09 Å². The van der Waals surface area contributed by atoms with Crippen LogP contribution in [0.2, 0.25) is 0 Å². The molecule has 4 amide bonds. The maximum absolute atomic E-state index is 13.5. The molecule has 11 heteroatoms. The SMILES string of the molecule is CNC(=O)c1ccc(C(=O)N2CC(NC(=O)[C@H](CCCC[N+](C)(C)C)NC(=O)OC(C)(C)C)C3(CC3)C2)cc1C.[I-]. The molecular formula is C30H48IN5O5. The molecule has 1 heterocycles. The number of halogens is 1. The fourth-order valence-electron chi connectivity index (χ4n) is 5.28. The monoisotopic (exact) mass is 685 g/mol. The number of aryl methyl sites for hydroxylation is 1. The molecule has 1 saturated heterocycles. The summed E-state index contributed by atoms with van der Waals surface area (Å²) in [4.78, 5) is 53.3. The number of likely N-dealkylation sites (tertiary alicyclic amines) is 1. The van der Waals surface area contributed by atoms with Crippen LogP contribution in [0.1, 0.15) is 79.2 Å². The fraction of sp³-hybridized carbons (Fsp3) is 0.667. The van der Waals surface area contributed by atoms with Gasteiger partial charge in [-0.2, -0.15) is 0 Å². The number of nitrogens with one attached hydrogen (secondary N) is 3. The number of unbranched alkanes of at least 4 members (excludes halogenated alkanes) is 1. The molecule has 3 rings (SSSR count). The lowest BCUT2D eigenvalue weighted by atomic mass is 10.00. The number of ether oxygens (including phenoxy) is 1. The van der Waals surface area contributed by atoms with Crippen LogP contribution in [0.5, 0.6) is 0 Å². The Kier molecular flexibility index (Phi) is 11.6. The van der Waals surface area contributed by atoms with E-state index in [4.69, 9.17) is 4.74 Å². The lowest BCUT2D eigenvalue weighted by Crippen LogP contribution is -3.00. The van der Waals surface area contributed by atoms with Crippen LogP contribution in [0.15, 0.2) is 18.2 Å². The predicted molar refractivity (Wildman–Crippen MR) is 154 cm³/mol. The molecule has 1 unspecified atom stereocenters. The molecule has 230 valence electrons. The Morgan fingerprint density at radius 1 is 1.12 bits per heavy atom. The van der Waals surface area contributed by atoms with Crippen LogP contribution in [0, 0.1) is 12.3 Å². The molecule has 2 aliphatic rings. The summed E-state index contributed by atoms with van der Waals surface area (Å²) in [7, 11) is 7.96. The summed E-state index contributed by atoms with van der Waals surface area (Å²) in [6, 6.07) is 4.19. The van der Waals surface area contributed by atoms with Crippen molar-refractivity contribution >= 4 is 23.8 Å². The minimum Gasteiger partial charge on any atom is -1.00 e. The number of rotatable bonds is 10. The molecule has 41 heavy (non-hydrogen) atoms. The lowest BCUT2D eigenvalue weighted by Gasteiger charge is -2.26. The van der Waals surface area contributed by atoms with Gasteiger partial charge in [0, 0.05) is 36.7 Å². The molecule has 2 fully saturated rings. The van der Waals surface area contributed by atoms with E-state index in [1.807, 2.05) is 6.92 Å². The van der Waals surface area contributed by atoms with E-state index < -0.39 is 17.7 Å². The van der Waals surface area contributed by atoms with E-state index in [2.05, 4.69) is 37.1 Å². The van der Waals surface area contributed by atoms with Crippen molar-refractivity contribution < 1.29 is 52.4 Å². The third kappa shape index (κ3) is 9.83. The second-order valence-corrected chi connectivity index (χ2v) is 13.4. The van der Waals surface area contributed by atoms with E-state index >= 15 is 0 Å².